The van der Waals surface area contributed by atoms with E-state index in [2.05, 4.69) is 13.8 Å². The number of rotatable bonds is 15. The lowest BCUT2D eigenvalue weighted by Gasteiger charge is -2.24. The first kappa shape index (κ1) is 24.2. The summed E-state index contributed by atoms with van der Waals surface area (Å²) in [6, 6.07) is 7.03. The Morgan fingerprint density at radius 1 is 0.750 bits per heavy atom. The van der Waals surface area contributed by atoms with Crippen LogP contribution in [-0.2, 0) is 4.74 Å². The Kier molecular flexibility index (Phi) is 13.1. The Hall–Kier alpha value is -1.84. The normalized spacial score (nSPS) is 10.7. The molecule has 0 aliphatic carbocycles. The fourth-order valence-corrected chi connectivity index (χ4v) is 3.35. The van der Waals surface area contributed by atoms with Crippen molar-refractivity contribution in [2.24, 2.45) is 0 Å². The second-order valence-corrected chi connectivity index (χ2v) is 7.39. The summed E-state index contributed by atoms with van der Waals surface area (Å²) in [7, 11) is 0. The standard InChI is InChI=1S/C24H39NO3/c1-4-7-9-11-15-19-25(20-16-12-10-8-5-2)23(26)21-17-13-14-18-22(21)24(27)28-6-3/h13-14,17-18H,4-12,15-16,19-20H2,1-3H3. The summed E-state index contributed by atoms with van der Waals surface area (Å²) in [5, 5.41) is 0. The van der Waals surface area contributed by atoms with Crippen molar-refractivity contribution >= 4 is 11.9 Å². The van der Waals surface area contributed by atoms with Crippen LogP contribution in [0.3, 0.4) is 0 Å². The summed E-state index contributed by atoms with van der Waals surface area (Å²) in [5.41, 5.74) is 0.833. The van der Waals surface area contributed by atoms with Crippen molar-refractivity contribution in [3.63, 3.8) is 0 Å². The van der Waals surface area contributed by atoms with E-state index in [0.29, 0.717) is 17.7 Å². The van der Waals surface area contributed by atoms with E-state index < -0.39 is 5.97 Å². The number of hydrogen-bond donors (Lipinski definition) is 0. The molecule has 0 spiro atoms. The minimum atomic E-state index is -0.419. The first-order valence-corrected chi connectivity index (χ1v) is 11.2. The third-order valence-electron chi connectivity index (χ3n) is 5.00. The largest absolute Gasteiger partial charge is 0.462 e. The van der Waals surface area contributed by atoms with Crippen LogP contribution in [0.2, 0.25) is 0 Å². The number of hydrogen-bond acceptors (Lipinski definition) is 3. The van der Waals surface area contributed by atoms with E-state index in [1.54, 1.807) is 25.1 Å². The van der Waals surface area contributed by atoms with Crippen LogP contribution >= 0.6 is 0 Å². The molecule has 0 aliphatic rings. The molecule has 1 aromatic carbocycles. The van der Waals surface area contributed by atoms with E-state index >= 15 is 0 Å². The van der Waals surface area contributed by atoms with Gasteiger partial charge in [-0.05, 0) is 31.9 Å². The Balaban J connectivity index is 2.80. The highest BCUT2D eigenvalue weighted by Gasteiger charge is 2.22. The van der Waals surface area contributed by atoms with Crippen molar-refractivity contribution in [1.82, 2.24) is 4.90 Å². The van der Waals surface area contributed by atoms with Crippen LogP contribution in [0.1, 0.15) is 106 Å². The van der Waals surface area contributed by atoms with Crippen LogP contribution < -0.4 is 0 Å². The van der Waals surface area contributed by atoms with Gasteiger partial charge in [0.25, 0.3) is 5.91 Å². The molecular weight excluding hydrogens is 350 g/mol. The monoisotopic (exact) mass is 389 g/mol. The first-order chi connectivity index (χ1) is 13.7. The Morgan fingerprint density at radius 2 is 1.25 bits per heavy atom. The lowest BCUT2D eigenvalue weighted by Crippen LogP contribution is -2.34. The average molecular weight is 390 g/mol. The van der Waals surface area contributed by atoms with Crippen LogP contribution in [0, 0.1) is 0 Å². The molecule has 0 radical (unpaired) electrons. The highest BCUT2D eigenvalue weighted by atomic mass is 16.5. The van der Waals surface area contributed by atoms with E-state index in [0.717, 1.165) is 38.8 Å². The predicted molar refractivity (Wildman–Crippen MR) is 116 cm³/mol. The van der Waals surface area contributed by atoms with Crippen LogP contribution in [-0.4, -0.2) is 36.5 Å². The van der Waals surface area contributed by atoms with Crippen LogP contribution in [0.25, 0.3) is 0 Å². The Labute approximate surface area is 171 Å². The van der Waals surface area contributed by atoms with Gasteiger partial charge in [-0.15, -0.1) is 0 Å². The predicted octanol–water partition coefficient (Wildman–Crippen LogP) is 6.25. The molecule has 0 aliphatic heterocycles. The molecule has 0 unspecified atom stereocenters. The van der Waals surface area contributed by atoms with Gasteiger partial charge in [-0.3, -0.25) is 4.79 Å². The summed E-state index contributed by atoms with van der Waals surface area (Å²) in [6.45, 7) is 8.01. The summed E-state index contributed by atoms with van der Waals surface area (Å²) in [6.07, 6.45) is 11.7. The lowest BCUT2D eigenvalue weighted by atomic mass is 10.1. The fraction of sp³-hybridized carbons (Fsp3) is 0.667. The number of nitrogens with zero attached hydrogens (tertiary/aromatic N) is 1. The highest BCUT2D eigenvalue weighted by molar-refractivity contribution is 6.05. The van der Waals surface area contributed by atoms with Gasteiger partial charge in [0.15, 0.2) is 0 Å². The molecule has 1 rings (SSSR count). The zero-order valence-corrected chi connectivity index (χ0v) is 18.2. The molecular formula is C24H39NO3. The van der Waals surface area contributed by atoms with Crippen LogP contribution in [0.5, 0.6) is 0 Å². The molecule has 0 heterocycles. The fourth-order valence-electron chi connectivity index (χ4n) is 3.35. The van der Waals surface area contributed by atoms with Crippen LogP contribution in [0.15, 0.2) is 24.3 Å². The maximum absolute atomic E-state index is 13.2. The second-order valence-electron chi connectivity index (χ2n) is 7.39. The molecule has 0 saturated carbocycles. The third kappa shape index (κ3) is 8.90. The highest BCUT2D eigenvalue weighted by Crippen LogP contribution is 2.16. The minimum Gasteiger partial charge on any atom is -0.462 e. The van der Waals surface area contributed by atoms with Crippen molar-refractivity contribution in [3.8, 4) is 0 Å². The van der Waals surface area contributed by atoms with Crippen molar-refractivity contribution in [2.45, 2.75) is 85.0 Å². The van der Waals surface area contributed by atoms with E-state index in [1.165, 1.54) is 38.5 Å². The van der Waals surface area contributed by atoms with Crippen molar-refractivity contribution in [2.75, 3.05) is 19.7 Å². The quantitative estimate of drug-likeness (QED) is 0.263. The number of carbonyl (C=O) groups is 2. The number of benzene rings is 1. The zero-order chi connectivity index (χ0) is 20.6. The molecule has 1 amide bonds. The van der Waals surface area contributed by atoms with Crippen LogP contribution in [0.4, 0.5) is 0 Å². The number of unbranched alkanes of at least 4 members (excludes halogenated alkanes) is 8. The second kappa shape index (κ2) is 15.1. The molecule has 0 fully saturated rings. The lowest BCUT2D eigenvalue weighted by molar-refractivity contribution is 0.0518. The molecule has 0 atom stereocenters. The van der Waals surface area contributed by atoms with Gasteiger partial charge in [-0.1, -0.05) is 77.3 Å². The summed E-state index contributed by atoms with van der Waals surface area (Å²) >= 11 is 0. The summed E-state index contributed by atoms with van der Waals surface area (Å²) in [5.74, 6) is -0.466. The Morgan fingerprint density at radius 3 is 1.75 bits per heavy atom. The van der Waals surface area contributed by atoms with Gasteiger partial charge in [0.1, 0.15) is 0 Å². The maximum Gasteiger partial charge on any atom is 0.338 e. The molecule has 4 nitrogen and oxygen atoms in total. The smallest absolute Gasteiger partial charge is 0.338 e. The van der Waals surface area contributed by atoms with Crippen molar-refractivity contribution < 1.29 is 14.3 Å². The third-order valence-corrected chi connectivity index (χ3v) is 5.00. The van der Waals surface area contributed by atoms with Gasteiger partial charge in [0.2, 0.25) is 0 Å². The van der Waals surface area contributed by atoms with E-state index in [1.807, 2.05) is 11.0 Å². The molecule has 0 saturated heterocycles. The van der Waals surface area contributed by atoms with Gasteiger partial charge in [0.05, 0.1) is 17.7 Å². The van der Waals surface area contributed by atoms with Gasteiger partial charge in [-0.2, -0.15) is 0 Å². The van der Waals surface area contributed by atoms with Gasteiger partial charge in [0, 0.05) is 13.1 Å². The molecule has 158 valence electrons. The van der Waals surface area contributed by atoms with Gasteiger partial charge < -0.3 is 9.64 Å². The first-order valence-electron chi connectivity index (χ1n) is 11.2. The maximum atomic E-state index is 13.2. The number of esters is 1. The van der Waals surface area contributed by atoms with E-state index in [9.17, 15) is 9.59 Å². The number of ether oxygens (including phenoxy) is 1. The summed E-state index contributed by atoms with van der Waals surface area (Å²) < 4.78 is 5.14. The number of amides is 1. The topological polar surface area (TPSA) is 46.6 Å². The minimum absolute atomic E-state index is 0.0466. The number of carbonyl (C=O) groups excluding carboxylic acids is 2. The molecule has 28 heavy (non-hydrogen) atoms. The van der Waals surface area contributed by atoms with Crippen molar-refractivity contribution in [3.05, 3.63) is 35.4 Å². The van der Waals surface area contributed by atoms with Gasteiger partial charge in [-0.25, -0.2) is 4.79 Å². The molecule has 1 aromatic rings. The zero-order valence-electron chi connectivity index (χ0n) is 18.2. The van der Waals surface area contributed by atoms with Gasteiger partial charge >= 0.3 is 5.97 Å². The Bertz CT molecular complexity index is 557. The molecule has 0 N–H and O–H groups in total. The summed E-state index contributed by atoms with van der Waals surface area (Å²) in [4.78, 5) is 27.4. The van der Waals surface area contributed by atoms with E-state index in [4.69, 9.17) is 4.74 Å². The average Bonchev–Trinajstić information content (AvgIpc) is 2.71. The molecule has 0 aromatic heterocycles. The molecule has 4 heteroatoms. The molecule has 0 bridgehead atoms. The van der Waals surface area contributed by atoms with E-state index in [-0.39, 0.29) is 5.91 Å². The van der Waals surface area contributed by atoms with Crippen molar-refractivity contribution in [1.29, 1.82) is 0 Å². The SMILES string of the molecule is CCCCCCCN(CCCCCCC)C(=O)c1ccccc1C(=O)OCC.